The van der Waals surface area contributed by atoms with Gasteiger partial charge in [-0.3, -0.25) is 0 Å². The fourth-order valence-electron chi connectivity index (χ4n) is 3.13. The zero-order chi connectivity index (χ0) is 14.0. The fraction of sp³-hybridized carbons (Fsp3) is 0.235. The number of quaternary nitrogens is 1. The molecule has 1 aliphatic rings. The third-order valence-corrected chi connectivity index (χ3v) is 4.45. The number of hydrogen-bond acceptors (Lipinski definition) is 1. The molecule has 102 valence electrons. The lowest BCUT2D eigenvalue weighted by atomic mass is 9.98. The van der Waals surface area contributed by atoms with Gasteiger partial charge in [0.1, 0.15) is 12.2 Å². The third kappa shape index (κ3) is 2.23. The van der Waals surface area contributed by atoms with Gasteiger partial charge in [0.15, 0.2) is 0 Å². The molecular weight excluding hydrogens is 266 g/mol. The van der Waals surface area contributed by atoms with Crippen molar-refractivity contribution in [3.8, 4) is 0 Å². The molecule has 1 heterocycles. The number of fused-ring (bicyclic) bond motifs is 1. The Balaban J connectivity index is 2.08. The van der Waals surface area contributed by atoms with Crippen molar-refractivity contribution in [1.29, 1.82) is 0 Å². The van der Waals surface area contributed by atoms with Gasteiger partial charge in [0.2, 0.25) is 0 Å². The van der Waals surface area contributed by atoms with Gasteiger partial charge < -0.3 is 5.11 Å². The summed E-state index contributed by atoms with van der Waals surface area (Å²) < 4.78 is 0.384. The number of para-hydroxylation sites is 1. The van der Waals surface area contributed by atoms with Crippen molar-refractivity contribution in [3.05, 3.63) is 65.7 Å². The van der Waals surface area contributed by atoms with Gasteiger partial charge in [-0.2, -0.15) is 0 Å². The summed E-state index contributed by atoms with van der Waals surface area (Å²) in [5, 5.41) is 10.3. The first-order valence-corrected chi connectivity index (χ1v) is 7.36. The van der Waals surface area contributed by atoms with Gasteiger partial charge in [0.05, 0.1) is 6.54 Å². The first-order valence-electron chi connectivity index (χ1n) is 6.95. The van der Waals surface area contributed by atoms with E-state index in [4.69, 9.17) is 12.2 Å². The highest BCUT2D eigenvalue weighted by molar-refractivity contribution is 7.80. The molecule has 1 aliphatic heterocycles. The summed E-state index contributed by atoms with van der Waals surface area (Å²) in [6, 6.07) is 18.6. The molecule has 0 amide bonds. The molecule has 3 rings (SSSR count). The van der Waals surface area contributed by atoms with Crippen molar-refractivity contribution in [1.82, 2.24) is 4.48 Å². The Morgan fingerprint density at radius 3 is 2.50 bits per heavy atom. The monoisotopic (exact) mass is 284 g/mol. The quantitative estimate of drug-likeness (QED) is 0.665. The van der Waals surface area contributed by atoms with Crippen LogP contribution < -0.4 is 4.48 Å². The topological polar surface area (TPSA) is 20.2 Å². The van der Waals surface area contributed by atoms with E-state index in [0.717, 1.165) is 25.1 Å². The smallest absolute Gasteiger partial charge is 0.366 e. The minimum atomic E-state index is 0.0704. The molecule has 1 atom stereocenters. The molecular formula is C17H18NOS+. The molecule has 0 aromatic heterocycles. The van der Waals surface area contributed by atoms with Crippen LogP contribution in [-0.4, -0.2) is 16.8 Å². The van der Waals surface area contributed by atoms with Gasteiger partial charge in [-0.25, -0.2) is 4.48 Å². The van der Waals surface area contributed by atoms with E-state index in [9.17, 15) is 5.11 Å². The number of aliphatic hydroxyl groups excluding tert-OH is 1. The second-order valence-electron chi connectivity index (χ2n) is 5.35. The fourth-order valence-corrected chi connectivity index (χ4v) is 3.38. The average molecular weight is 284 g/mol. The molecule has 0 aliphatic carbocycles. The van der Waals surface area contributed by atoms with Crippen molar-refractivity contribution >= 4 is 23.1 Å². The summed E-state index contributed by atoms with van der Waals surface area (Å²) in [4.78, 5) is 0. The highest BCUT2D eigenvalue weighted by atomic mass is 32.1. The largest absolute Gasteiger partial charge is 0.458 e. The first kappa shape index (κ1) is 13.3. The Bertz CT molecular complexity index is 626. The predicted octanol–water partition coefficient (Wildman–Crippen LogP) is 3.98. The van der Waals surface area contributed by atoms with Gasteiger partial charge in [0.25, 0.3) is 0 Å². The molecule has 2 nitrogen and oxygen atoms in total. The number of thiocarbonyl (C=S) groups is 1. The van der Waals surface area contributed by atoms with Crippen LogP contribution in [0.3, 0.4) is 0 Å². The van der Waals surface area contributed by atoms with Crippen LogP contribution in [0.25, 0.3) is 0 Å². The molecule has 1 N–H and O–H groups in total. The van der Waals surface area contributed by atoms with Crippen LogP contribution in [0, 0.1) is 0 Å². The molecule has 0 spiro atoms. The van der Waals surface area contributed by atoms with E-state index in [2.05, 4.69) is 30.3 Å². The molecule has 0 saturated heterocycles. The van der Waals surface area contributed by atoms with Gasteiger partial charge in [-0.15, -0.1) is 0 Å². The maximum absolute atomic E-state index is 10.2. The SMILES string of the molecule is OC(=S)[N+]1(Cc2ccccc2)CCCc2ccccc21. The van der Waals surface area contributed by atoms with Gasteiger partial charge in [-0.05, 0) is 12.5 Å². The highest BCUT2D eigenvalue weighted by Crippen LogP contribution is 2.35. The summed E-state index contributed by atoms with van der Waals surface area (Å²) in [5.41, 5.74) is 3.64. The molecule has 0 saturated carbocycles. The Morgan fingerprint density at radius 1 is 1.05 bits per heavy atom. The van der Waals surface area contributed by atoms with Crippen LogP contribution >= 0.6 is 12.2 Å². The van der Waals surface area contributed by atoms with Crippen molar-refractivity contribution in [3.63, 3.8) is 0 Å². The number of rotatable bonds is 2. The predicted molar refractivity (Wildman–Crippen MR) is 86.8 cm³/mol. The zero-order valence-electron chi connectivity index (χ0n) is 11.3. The van der Waals surface area contributed by atoms with Crippen molar-refractivity contribution in [2.75, 3.05) is 6.54 Å². The van der Waals surface area contributed by atoms with Crippen LogP contribution in [0.15, 0.2) is 54.6 Å². The van der Waals surface area contributed by atoms with Gasteiger partial charge >= 0.3 is 5.17 Å². The Labute approximate surface area is 124 Å². The molecule has 0 bridgehead atoms. The van der Waals surface area contributed by atoms with Gasteiger partial charge in [-0.1, -0.05) is 48.5 Å². The highest BCUT2D eigenvalue weighted by Gasteiger charge is 2.40. The lowest BCUT2D eigenvalue weighted by Crippen LogP contribution is -2.55. The summed E-state index contributed by atoms with van der Waals surface area (Å²) in [6.07, 6.45) is 2.11. The van der Waals surface area contributed by atoms with E-state index in [-0.39, 0.29) is 5.17 Å². The summed E-state index contributed by atoms with van der Waals surface area (Å²) >= 11 is 5.23. The minimum absolute atomic E-state index is 0.0704. The normalized spacial score (nSPS) is 21.2. The van der Waals surface area contributed by atoms with Crippen LogP contribution in [0.5, 0.6) is 0 Å². The standard InChI is InChI=1S/C17H17NOS/c19-17(20)18(13-14-7-2-1-3-8-14)12-6-10-15-9-4-5-11-16(15)18/h1-5,7-9,11H,6,10,12-13H2/p+1. The molecule has 20 heavy (non-hydrogen) atoms. The Kier molecular flexibility index (Phi) is 3.55. The van der Waals surface area contributed by atoms with Crippen LogP contribution in [0.1, 0.15) is 17.5 Å². The molecule has 3 heteroatoms. The zero-order valence-corrected chi connectivity index (χ0v) is 12.1. The van der Waals surface area contributed by atoms with E-state index in [1.807, 2.05) is 24.3 Å². The van der Waals surface area contributed by atoms with Crippen LogP contribution in [-0.2, 0) is 13.0 Å². The number of hydrogen-bond donors (Lipinski definition) is 1. The number of aliphatic hydroxyl groups is 1. The minimum Gasteiger partial charge on any atom is -0.458 e. The lowest BCUT2D eigenvalue weighted by molar-refractivity contribution is 0.316. The average Bonchev–Trinajstić information content (AvgIpc) is 2.48. The first-order chi connectivity index (χ1) is 9.72. The molecule has 0 radical (unpaired) electrons. The van der Waals surface area contributed by atoms with Crippen molar-refractivity contribution in [2.24, 2.45) is 0 Å². The number of benzene rings is 2. The van der Waals surface area contributed by atoms with Crippen LogP contribution in [0.4, 0.5) is 5.69 Å². The van der Waals surface area contributed by atoms with Crippen molar-refractivity contribution in [2.45, 2.75) is 19.4 Å². The molecule has 2 aromatic rings. The summed E-state index contributed by atoms with van der Waals surface area (Å²) in [5.74, 6) is 0. The van der Waals surface area contributed by atoms with E-state index >= 15 is 0 Å². The van der Waals surface area contributed by atoms with E-state index in [0.29, 0.717) is 11.0 Å². The summed E-state index contributed by atoms with van der Waals surface area (Å²) in [6.45, 7) is 1.58. The van der Waals surface area contributed by atoms with Crippen LogP contribution in [0.2, 0.25) is 0 Å². The van der Waals surface area contributed by atoms with E-state index < -0.39 is 0 Å². The Morgan fingerprint density at radius 2 is 1.75 bits per heavy atom. The number of aryl methyl sites for hydroxylation is 1. The van der Waals surface area contributed by atoms with Gasteiger partial charge in [0, 0.05) is 29.8 Å². The third-order valence-electron chi connectivity index (χ3n) is 4.10. The van der Waals surface area contributed by atoms with E-state index in [1.54, 1.807) is 0 Å². The molecule has 0 fully saturated rings. The maximum Gasteiger partial charge on any atom is 0.366 e. The van der Waals surface area contributed by atoms with Crippen molar-refractivity contribution < 1.29 is 5.11 Å². The number of nitrogens with zero attached hydrogens (tertiary/aromatic N) is 1. The van der Waals surface area contributed by atoms with E-state index in [1.165, 1.54) is 11.1 Å². The summed E-state index contributed by atoms with van der Waals surface area (Å²) in [7, 11) is 0. The second-order valence-corrected chi connectivity index (χ2v) is 5.72. The molecule has 2 aromatic carbocycles. The second kappa shape index (κ2) is 5.35. The maximum atomic E-state index is 10.2. The molecule has 1 unspecified atom stereocenters. The lowest BCUT2D eigenvalue weighted by Gasteiger charge is -2.38. The Hall–Kier alpha value is -1.71.